The van der Waals surface area contributed by atoms with Gasteiger partial charge in [-0.3, -0.25) is 14.6 Å². The lowest BCUT2D eigenvalue weighted by Gasteiger charge is -2.39. The van der Waals surface area contributed by atoms with Crippen LogP contribution in [0.25, 0.3) is 0 Å². The first-order valence-electron chi connectivity index (χ1n) is 11.9. The highest BCUT2D eigenvalue weighted by molar-refractivity contribution is 6.42. The Balaban J connectivity index is 1.59. The molecule has 2 aliphatic heterocycles. The van der Waals surface area contributed by atoms with Crippen LogP contribution in [0, 0.1) is 5.82 Å². The summed E-state index contributed by atoms with van der Waals surface area (Å²) >= 11 is 12.3. The largest absolute Gasteiger partial charge is 0.463 e. The molecule has 1 fully saturated rings. The second kappa shape index (κ2) is 11.5. The van der Waals surface area contributed by atoms with E-state index in [9.17, 15) is 18.8 Å². The minimum atomic E-state index is -0.781. The van der Waals surface area contributed by atoms with Crippen molar-refractivity contribution < 1.29 is 23.5 Å². The van der Waals surface area contributed by atoms with Crippen LogP contribution >= 0.6 is 23.2 Å². The molecule has 0 aromatic heterocycles. The minimum absolute atomic E-state index is 0.0383. The molecule has 2 aromatic rings. The number of urea groups is 1. The van der Waals surface area contributed by atoms with Gasteiger partial charge in [0.25, 0.3) is 5.91 Å². The number of hydrogen-bond donors (Lipinski definition) is 1. The summed E-state index contributed by atoms with van der Waals surface area (Å²) in [5.74, 6) is -1.46. The Morgan fingerprint density at radius 1 is 1.08 bits per heavy atom. The number of hydrogen-bond acceptors (Lipinski definition) is 5. The van der Waals surface area contributed by atoms with Gasteiger partial charge in [0.05, 0.1) is 33.8 Å². The maximum Gasteiger partial charge on any atom is 0.338 e. The summed E-state index contributed by atoms with van der Waals surface area (Å²) in [4.78, 5) is 43.9. The topological polar surface area (TPSA) is 82.2 Å². The number of nitrogens with zero attached hydrogens (tertiary/aromatic N) is 3. The summed E-state index contributed by atoms with van der Waals surface area (Å²) in [6.45, 7) is 3.86. The van der Waals surface area contributed by atoms with E-state index in [-0.39, 0.29) is 30.7 Å². The quantitative estimate of drug-likeness (QED) is 0.549. The third kappa shape index (κ3) is 5.74. The van der Waals surface area contributed by atoms with Gasteiger partial charge in [-0.1, -0.05) is 41.4 Å². The maximum atomic E-state index is 14.1. The van der Waals surface area contributed by atoms with Gasteiger partial charge in [-0.2, -0.15) is 0 Å². The van der Waals surface area contributed by atoms with E-state index in [4.69, 9.17) is 27.9 Å². The monoisotopic (exact) mass is 548 g/mol. The Hall–Kier alpha value is -3.14. The highest BCUT2D eigenvalue weighted by atomic mass is 35.5. The molecule has 1 saturated heterocycles. The number of halogens is 3. The molecule has 0 aliphatic carbocycles. The summed E-state index contributed by atoms with van der Waals surface area (Å²) in [7, 11) is 1.59. The van der Waals surface area contributed by atoms with Crippen molar-refractivity contribution in [1.29, 1.82) is 0 Å². The van der Waals surface area contributed by atoms with Crippen LogP contribution in [-0.2, 0) is 9.53 Å². The van der Waals surface area contributed by atoms with Gasteiger partial charge in [0.15, 0.2) is 0 Å². The van der Waals surface area contributed by atoms with Crippen LogP contribution in [0.5, 0.6) is 0 Å². The van der Waals surface area contributed by atoms with E-state index >= 15 is 0 Å². The summed E-state index contributed by atoms with van der Waals surface area (Å²) < 4.78 is 19.5. The van der Waals surface area contributed by atoms with Crippen molar-refractivity contribution in [2.24, 2.45) is 0 Å². The molecule has 1 N–H and O–H groups in total. The van der Waals surface area contributed by atoms with Gasteiger partial charge in [0.1, 0.15) is 5.82 Å². The molecule has 196 valence electrons. The summed E-state index contributed by atoms with van der Waals surface area (Å²) in [6, 6.07) is 9.67. The number of benzene rings is 2. The zero-order valence-corrected chi connectivity index (χ0v) is 22.0. The first-order chi connectivity index (χ1) is 17.7. The number of carbonyl (C=O) groups is 3. The fourth-order valence-electron chi connectivity index (χ4n) is 4.47. The lowest BCUT2D eigenvalue weighted by molar-refractivity contribution is -0.139. The first kappa shape index (κ1) is 26.9. The van der Waals surface area contributed by atoms with Crippen LogP contribution in [0.4, 0.5) is 9.18 Å². The van der Waals surface area contributed by atoms with Crippen LogP contribution in [0.1, 0.15) is 28.9 Å². The number of carbonyl (C=O) groups excluding carboxylic acids is 3. The fraction of sp³-hybridized carbons (Fsp3) is 0.346. The Labute approximate surface area is 224 Å². The molecule has 3 amide bonds. The van der Waals surface area contributed by atoms with Crippen LogP contribution in [0.15, 0.2) is 53.7 Å². The summed E-state index contributed by atoms with van der Waals surface area (Å²) in [5.41, 5.74) is 1.42. The smallest absolute Gasteiger partial charge is 0.338 e. The van der Waals surface area contributed by atoms with E-state index in [2.05, 4.69) is 5.32 Å². The molecule has 11 heteroatoms. The average molecular weight is 549 g/mol. The van der Waals surface area contributed by atoms with E-state index in [0.29, 0.717) is 53.1 Å². The average Bonchev–Trinajstić information content (AvgIpc) is 2.88. The Morgan fingerprint density at radius 2 is 1.78 bits per heavy atom. The van der Waals surface area contributed by atoms with Crippen LogP contribution in [0.2, 0.25) is 10.0 Å². The number of likely N-dealkylation sites (N-methyl/N-ethyl adjacent to an activating group) is 1. The van der Waals surface area contributed by atoms with E-state index in [1.165, 1.54) is 17.0 Å². The number of amides is 3. The number of nitrogens with one attached hydrogen (secondary N) is 1. The van der Waals surface area contributed by atoms with Crippen molar-refractivity contribution in [3.05, 3.63) is 80.7 Å². The highest BCUT2D eigenvalue weighted by Gasteiger charge is 2.38. The number of esters is 1. The van der Waals surface area contributed by atoms with Crippen molar-refractivity contribution in [2.45, 2.75) is 13.0 Å². The maximum absolute atomic E-state index is 14.1. The second-order valence-corrected chi connectivity index (χ2v) is 9.56. The molecule has 0 spiro atoms. The third-order valence-electron chi connectivity index (χ3n) is 6.49. The van der Waals surface area contributed by atoms with Gasteiger partial charge >= 0.3 is 12.0 Å². The van der Waals surface area contributed by atoms with Gasteiger partial charge in [0.2, 0.25) is 0 Å². The molecule has 1 atom stereocenters. The molecule has 2 aliphatic rings. The predicted octanol–water partition coefficient (Wildman–Crippen LogP) is 4.10. The van der Waals surface area contributed by atoms with Gasteiger partial charge in [-0.15, -0.1) is 0 Å². The predicted molar refractivity (Wildman–Crippen MR) is 138 cm³/mol. The molecule has 0 radical (unpaired) electrons. The van der Waals surface area contributed by atoms with Crippen molar-refractivity contribution in [3.63, 3.8) is 0 Å². The molecule has 2 heterocycles. The van der Waals surface area contributed by atoms with Crippen molar-refractivity contribution in [1.82, 2.24) is 20.0 Å². The van der Waals surface area contributed by atoms with Crippen LogP contribution in [-0.4, -0.2) is 79.0 Å². The summed E-state index contributed by atoms with van der Waals surface area (Å²) in [6.07, 6.45) is 0. The molecule has 4 rings (SSSR count). The van der Waals surface area contributed by atoms with E-state index in [1.54, 1.807) is 49.2 Å². The van der Waals surface area contributed by atoms with E-state index in [0.717, 1.165) is 0 Å². The number of ether oxygens (including phenoxy) is 1. The minimum Gasteiger partial charge on any atom is -0.463 e. The number of piperazine rings is 1. The van der Waals surface area contributed by atoms with Crippen LogP contribution in [0.3, 0.4) is 0 Å². The second-order valence-electron chi connectivity index (χ2n) is 8.74. The summed E-state index contributed by atoms with van der Waals surface area (Å²) in [5, 5.41) is 3.51. The van der Waals surface area contributed by atoms with E-state index in [1.807, 2.05) is 4.90 Å². The van der Waals surface area contributed by atoms with Crippen molar-refractivity contribution in [2.75, 3.05) is 46.4 Å². The van der Waals surface area contributed by atoms with Crippen LogP contribution < -0.4 is 5.32 Å². The van der Waals surface area contributed by atoms with Gasteiger partial charge in [0, 0.05) is 45.5 Å². The molecule has 1 unspecified atom stereocenters. The fourth-order valence-corrected chi connectivity index (χ4v) is 4.77. The Kier molecular flexibility index (Phi) is 8.36. The van der Waals surface area contributed by atoms with Crippen molar-refractivity contribution in [3.8, 4) is 0 Å². The highest BCUT2D eigenvalue weighted by Crippen LogP contribution is 2.34. The molecular weight excluding hydrogens is 522 g/mol. The third-order valence-corrected chi connectivity index (χ3v) is 7.23. The molecule has 0 bridgehead atoms. The lowest BCUT2D eigenvalue weighted by atomic mass is 9.94. The Bertz CT molecular complexity index is 1250. The zero-order chi connectivity index (χ0) is 26.7. The molecule has 8 nitrogen and oxygen atoms in total. The molecule has 0 saturated carbocycles. The molecular formula is C26H27Cl2FN4O4. The zero-order valence-electron chi connectivity index (χ0n) is 20.5. The Morgan fingerprint density at radius 3 is 2.43 bits per heavy atom. The first-order valence-corrected chi connectivity index (χ1v) is 12.6. The van der Waals surface area contributed by atoms with E-state index < -0.39 is 17.8 Å². The molecule has 2 aromatic carbocycles. The standard InChI is InChI=1S/C26H27Cl2FN4O4/c1-3-37-25(35)22-21(31(2)26(36)30-23(22)16-8-9-18(27)19(28)14-16)15-32-10-12-33(13-11-32)24(34)17-6-4-5-7-20(17)29/h4-9,14,23H,3,10-13,15H2,1-2H3,(H,30,36). The van der Waals surface area contributed by atoms with Gasteiger partial charge in [-0.25, -0.2) is 14.0 Å². The lowest BCUT2D eigenvalue weighted by Crippen LogP contribution is -2.53. The number of rotatable bonds is 6. The van der Waals surface area contributed by atoms with Crippen molar-refractivity contribution >= 4 is 41.1 Å². The van der Waals surface area contributed by atoms with Gasteiger partial charge < -0.3 is 15.0 Å². The van der Waals surface area contributed by atoms with Gasteiger partial charge in [-0.05, 0) is 36.8 Å². The molecule has 37 heavy (non-hydrogen) atoms. The SMILES string of the molecule is CCOC(=O)C1=C(CN2CCN(C(=O)c3ccccc3F)CC2)N(C)C(=O)NC1c1ccc(Cl)c(Cl)c1. The normalized spacial score (nSPS) is 18.6.